The van der Waals surface area contributed by atoms with Crippen LogP contribution in [0.3, 0.4) is 0 Å². The largest absolute Gasteiger partial charge is 0.493 e. The van der Waals surface area contributed by atoms with Gasteiger partial charge in [0.05, 0.1) is 13.7 Å². The first kappa shape index (κ1) is 12.7. The van der Waals surface area contributed by atoms with Crippen molar-refractivity contribution in [1.82, 2.24) is 9.97 Å². The van der Waals surface area contributed by atoms with Gasteiger partial charge in [0.1, 0.15) is 12.1 Å². The second-order valence-electron chi connectivity index (χ2n) is 4.97. The molecule has 0 bridgehead atoms. The van der Waals surface area contributed by atoms with Crippen molar-refractivity contribution in [2.24, 2.45) is 5.92 Å². The Morgan fingerprint density at radius 3 is 3.10 bits per heavy atom. The average Bonchev–Trinajstić information content (AvgIpc) is 2.46. The highest BCUT2D eigenvalue weighted by atomic mass is 16.5. The third kappa shape index (κ3) is 2.52. The van der Waals surface area contributed by atoms with Crippen LogP contribution in [0.15, 0.2) is 30.6 Å². The third-order valence-electron chi connectivity index (χ3n) is 3.49. The molecule has 5 nitrogen and oxygen atoms in total. The summed E-state index contributed by atoms with van der Waals surface area (Å²) in [6.07, 6.45) is 3.30. The lowest BCUT2D eigenvalue weighted by molar-refractivity contribution is 0.210. The highest BCUT2D eigenvalue weighted by Gasteiger charge is 2.23. The molecule has 1 aliphatic rings. The Morgan fingerprint density at radius 1 is 1.40 bits per heavy atom. The van der Waals surface area contributed by atoms with Gasteiger partial charge in [0.15, 0.2) is 11.5 Å². The van der Waals surface area contributed by atoms with E-state index in [1.807, 2.05) is 18.2 Å². The maximum absolute atomic E-state index is 5.86. The number of nitrogen functional groups attached to an aromatic ring is 1. The number of para-hydroxylation sites is 1. The molecule has 0 spiro atoms. The van der Waals surface area contributed by atoms with Gasteiger partial charge in [-0.25, -0.2) is 9.97 Å². The molecule has 0 aliphatic carbocycles. The first-order valence-electron chi connectivity index (χ1n) is 6.61. The van der Waals surface area contributed by atoms with Gasteiger partial charge < -0.3 is 15.2 Å². The van der Waals surface area contributed by atoms with Crippen LogP contribution >= 0.6 is 0 Å². The Kier molecular flexibility index (Phi) is 3.41. The molecule has 5 heteroatoms. The molecule has 0 amide bonds. The molecule has 1 atom stereocenters. The number of fused-ring (bicyclic) bond motifs is 1. The normalized spacial score (nSPS) is 17.1. The van der Waals surface area contributed by atoms with E-state index in [0.717, 1.165) is 30.0 Å². The van der Waals surface area contributed by atoms with Gasteiger partial charge in [-0.3, -0.25) is 0 Å². The van der Waals surface area contributed by atoms with Gasteiger partial charge in [0.2, 0.25) is 0 Å². The van der Waals surface area contributed by atoms with E-state index in [4.69, 9.17) is 15.2 Å². The fourth-order valence-electron chi connectivity index (χ4n) is 2.57. The maximum Gasteiger partial charge on any atom is 0.164 e. The minimum absolute atomic E-state index is 0.393. The molecule has 2 heterocycles. The van der Waals surface area contributed by atoms with Crippen molar-refractivity contribution < 1.29 is 9.47 Å². The zero-order valence-electron chi connectivity index (χ0n) is 11.4. The molecular formula is C15H17N3O2. The van der Waals surface area contributed by atoms with E-state index >= 15 is 0 Å². The SMILES string of the molecule is COc1cccc2c1OC[C@@H](Cc1cc(N)ncn1)C2. The lowest BCUT2D eigenvalue weighted by atomic mass is 9.92. The number of nitrogens with zero attached hydrogens (tertiary/aromatic N) is 2. The molecule has 0 fully saturated rings. The summed E-state index contributed by atoms with van der Waals surface area (Å²) in [6, 6.07) is 7.82. The fourth-order valence-corrected chi connectivity index (χ4v) is 2.57. The Hall–Kier alpha value is -2.30. The van der Waals surface area contributed by atoms with Gasteiger partial charge in [-0.1, -0.05) is 12.1 Å². The third-order valence-corrected chi connectivity index (χ3v) is 3.49. The summed E-state index contributed by atoms with van der Waals surface area (Å²) in [6.45, 7) is 0.664. The molecule has 1 aliphatic heterocycles. The Balaban J connectivity index is 1.76. The predicted molar refractivity (Wildman–Crippen MR) is 75.8 cm³/mol. The summed E-state index contributed by atoms with van der Waals surface area (Å²) in [4.78, 5) is 8.16. The summed E-state index contributed by atoms with van der Waals surface area (Å²) >= 11 is 0. The van der Waals surface area contributed by atoms with E-state index in [1.165, 1.54) is 11.9 Å². The lowest BCUT2D eigenvalue weighted by Crippen LogP contribution is -2.23. The number of hydrogen-bond donors (Lipinski definition) is 1. The van der Waals surface area contributed by atoms with Crippen LogP contribution in [0.4, 0.5) is 5.82 Å². The van der Waals surface area contributed by atoms with E-state index in [-0.39, 0.29) is 0 Å². The van der Waals surface area contributed by atoms with Gasteiger partial charge in [-0.2, -0.15) is 0 Å². The highest BCUT2D eigenvalue weighted by molar-refractivity contribution is 5.47. The Labute approximate surface area is 117 Å². The van der Waals surface area contributed by atoms with Crippen LogP contribution in [-0.4, -0.2) is 23.7 Å². The summed E-state index contributed by atoms with van der Waals surface area (Å²) in [5, 5.41) is 0. The predicted octanol–water partition coefficient (Wildman–Crippen LogP) is 1.86. The van der Waals surface area contributed by atoms with Crippen LogP contribution in [0, 0.1) is 5.92 Å². The van der Waals surface area contributed by atoms with Gasteiger partial charge in [-0.15, -0.1) is 0 Å². The van der Waals surface area contributed by atoms with Gasteiger partial charge in [0, 0.05) is 17.7 Å². The molecule has 104 valence electrons. The van der Waals surface area contributed by atoms with E-state index in [9.17, 15) is 0 Å². The number of ether oxygens (including phenoxy) is 2. The summed E-state index contributed by atoms with van der Waals surface area (Å²) in [5.74, 6) is 2.57. The summed E-state index contributed by atoms with van der Waals surface area (Å²) in [7, 11) is 1.66. The molecule has 0 saturated heterocycles. The van der Waals surface area contributed by atoms with Crippen molar-refractivity contribution in [3.8, 4) is 11.5 Å². The molecule has 2 N–H and O–H groups in total. The molecule has 0 saturated carbocycles. The van der Waals surface area contributed by atoms with Crippen LogP contribution in [0.1, 0.15) is 11.3 Å². The number of anilines is 1. The molecule has 3 rings (SSSR count). The lowest BCUT2D eigenvalue weighted by Gasteiger charge is -2.26. The first-order chi connectivity index (χ1) is 9.76. The minimum atomic E-state index is 0.393. The molecular weight excluding hydrogens is 254 g/mol. The topological polar surface area (TPSA) is 70.3 Å². The van der Waals surface area contributed by atoms with Crippen molar-refractivity contribution in [2.75, 3.05) is 19.5 Å². The number of nitrogens with two attached hydrogens (primary N) is 1. The van der Waals surface area contributed by atoms with Crippen LogP contribution < -0.4 is 15.2 Å². The average molecular weight is 271 g/mol. The second-order valence-corrected chi connectivity index (χ2v) is 4.97. The quantitative estimate of drug-likeness (QED) is 0.922. The van der Waals surface area contributed by atoms with Crippen molar-refractivity contribution in [1.29, 1.82) is 0 Å². The van der Waals surface area contributed by atoms with E-state index in [2.05, 4.69) is 16.0 Å². The van der Waals surface area contributed by atoms with Gasteiger partial charge in [-0.05, 0) is 24.5 Å². The monoisotopic (exact) mass is 271 g/mol. The fraction of sp³-hybridized carbons (Fsp3) is 0.333. The first-order valence-corrected chi connectivity index (χ1v) is 6.61. The van der Waals surface area contributed by atoms with Crippen molar-refractivity contribution in [2.45, 2.75) is 12.8 Å². The smallest absolute Gasteiger partial charge is 0.164 e. The summed E-state index contributed by atoms with van der Waals surface area (Å²) < 4.78 is 11.2. The van der Waals surface area contributed by atoms with Crippen molar-refractivity contribution >= 4 is 5.82 Å². The van der Waals surface area contributed by atoms with Crippen molar-refractivity contribution in [3.63, 3.8) is 0 Å². The molecule has 1 aromatic carbocycles. The van der Waals surface area contributed by atoms with Crippen LogP contribution in [0.5, 0.6) is 11.5 Å². The van der Waals surface area contributed by atoms with Crippen LogP contribution in [0.2, 0.25) is 0 Å². The molecule has 2 aromatic rings. The number of aromatic nitrogens is 2. The minimum Gasteiger partial charge on any atom is -0.493 e. The number of rotatable bonds is 3. The maximum atomic E-state index is 5.86. The Morgan fingerprint density at radius 2 is 2.30 bits per heavy atom. The summed E-state index contributed by atoms with van der Waals surface area (Å²) in [5.41, 5.74) is 7.82. The number of benzene rings is 1. The zero-order valence-corrected chi connectivity index (χ0v) is 11.4. The van der Waals surface area contributed by atoms with E-state index in [0.29, 0.717) is 18.3 Å². The molecule has 20 heavy (non-hydrogen) atoms. The van der Waals surface area contributed by atoms with E-state index < -0.39 is 0 Å². The van der Waals surface area contributed by atoms with Crippen molar-refractivity contribution in [3.05, 3.63) is 41.9 Å². The molecule has 0 unspecified atom stereocenters. The van der Waals surface area contributed by atoms with Crippen LogP contribution in [-0.2, 0) is 12.8 Å². The Bertz CT molecular complexity index is 616. The second kappa shape index (κ2) is 5.36. The van der Waals surface area contributed by atoms with Gasteiger partial charge >= 0.3 is 0 Å². The highest BCUT2D eigenvalue weighted by Crippen LogP contribution is 2.36. The van der Waals surface area contributed by atoms with Crippen LogP contribution in [0.25, 0.3) is 0 Å². The number of methoxy groups -OCH3 is 1. The molecule has 0 radical (unpaired) electrons. The standard InChI is InChI=1S/C15H17N3O2/c1-19-13-4-2-3-11-5-10(8-20-15(11)13)6-12-7-14(16)18-9-17-12/h2-4,7,9-10H,5-6,8H2,1H3,(H2,16,17,18)/t10-/m1/s1. The number of hydrogen-bond acceptors (Lipinski definition) is 5. The molecule has 1 aromatic heterocycles. The van der Waals surface area contributed by atoms with Gasteiger partial charge in [0.25, 0.3) is 0 Å². The zero-order chi connectivity index (χ0) is 13.9. The van der Waals surface area contributed by atoms with E-state index in [1.54, 1.807) is 7.11 Å².